The van der Waals surface area contributed by atoms with Crippen molar-refractivity contribution in [3.63, 3.8) is 0 Å². The molecule has 2 aliphatic rings. The number of epoxide rings is 1. The predicted molar refractivity (Wildman–Crippen MR) is 126 cm³/mol. The lowest BCUT2D eigenvalue weighted by molar-refractivity contribution is -0.159. The zero-order valence-corrected chi connectivity index (χ0v) is 21.7. The Labute approximate surface area is 200 Å². The second-order valence-corrected chi connectivity index (χ2v) is 10.0. The summed E-state index contributed by atoms with van der Waals surface area (Å²) in [4.78, 5) is 24.4. The number of carbonyl (C=O) groups is 1. The van der Waals surface area contributed by atoms with Gasteiger partial charge in [-0.2, -0.15) is 0 Å². The minimum absolute atomic E-state index is 0.0253. The zero-order chi connectivity index (χ0) is 25.8. The van der Waals surface area contributed by atoms with Gasteiger partial charge in [-0.15, -0.1) is 0 Å². The zero-order valence-electron chi connectivity index (χ0n) is 21.7. The Morgan fingerprint density at radius 3 is 2.26 bits per heavy atom. The van der Waals surface area contributed by atoms with Gasteiger partial charge in [0, 0.05) is 12.5 Å². The number of ether oxygens (including phenoxy) is 4. The summed E-state index contributed by atoms with van der Waals surface area (Å²) in [7, 11) is 1.44. The Kier molecular flexibility index (Phi) is 6.67. The van der Waals surface area contributed by atoms with Crippen molar-refractivity contribution in [1.82, 2.24) is 0 Å². The molecular formula is C26H36O8. The number of carbonyl (C=O) groups excluding carboxylic acids is 1. The lowest BCUT2D eigenvalue weighted by atomic mass is 9.86. The van der Waals surface area contributed by atoms with Crippen LogP contribution in [-0.2, 0) is 24.6 Å². The molecule has 0 bridgehead atoms. The van der Waals surface area contributed by atoms with E-state index < -0.39 is 28.9 Å². The highest BCUT2D eigenvalue weighted by molar-refractivity contribution is 5.66. The molecule has 8 nitrogen and oxygen atoms in total. The van der Waals surface area contributed by atoms with Crippen LogP contribution in [0.4, 0.5) is 0 Å². The van der Waals surface area contributed by atoms with Crippen molar-refractivity contribution in [2.45, 2.75) is 97.4 Å². The average molecular weight is 477 g/mol. The maximum atomic E-state index is 12.4. The number of allylic oxidation sites excluding steroid dienone is 2. The van der Waals surface area contributed by atoms with Crippen molar-refractivity contribution in [3.05, 3.63) is 50.6 Å². The van der Waals surface area contributed by atoms with Crippen LogP contribution >= 0.6 is 0 Å². The third kappa shape index (κ3) is 4.34. The van der Waals surface area contributed by atoms with Crippen molar-refractivity contribution in [2.75, 3.05) is 7.11 Å². The van der Waals surface area contributed by atoms with Crippen LogP contribution in [0.5, 0.6) is 5.75 Å². The highest BCUT2D eigenvalue weighted by Gasteiger charge is 2.71. The van der Waals surface area contributed by atoms with Gasteiger partial charge >= 0.3 is 11.6 Å². The van der Waals surface area contributed by atoms with Gasteiger partial charge < -0.3 is 28.5 Å². The van der Waals surface area contributed by atoms with Crippen LogP contribution in [0.2, 0.25) is 0 Å². The van der Waals surface area contributed by atoms with Crippen LogP contribution in [0.15, 0.2) is 32.5 Å². The monoisotopic (exact) mass is 476 g/mol. The molecule has 2 aliphatic heterocycles. The molecule has 0 saturated carbocycles. The first-order chi connectivity index (χ1) is 15.6. The Morgan fingerprint density at radius 2 is 1.79 bits per heavy atom. The van der Waals surface area contributed by atoms with Gasteiger partial charge in [0.25, 0.3) is 0 Å². The number of hydrogen-bond acceptors (Lipinski definition) is 8. The molecule has 1 aromatic heterocycles. The Morgan fingerprint density at radius 1 is 1.18 bits per heavy atom. The van der Waals surface area contributed by atoms with E-state index >= 15 is 0 Å². The molecule has 1 N–H and O–H groups in total. The van der Waals surface area contributed by atoms with E-state index in [1.54, 1.807) is 20.8 Å². The molecule has 3 rings (SSSR count). The molecule has 0 spiro atoms. The number of rotatable bonds is 7. The normalized spacial score (nSPS) is 31.5. The molecule has 0 aliphatic carbocycles. The summed E-state index contributed by atoms with van der Waals surface area (Å²) >= 11 is 0. The van der Waals surface area contributed by atoms with Crippen LogP contribution in [0.25, 0.3) is 0 Å². The standard InChI is InChI=1S/C26H36O8/c1-13(12-24(7)23-26(9,34-23)17(5)33-24)11-14(2)20(31-18(6)27)25(8,29)21-15(3)19(30-10)16(4)22(28)32-21/h11-12,17,20,23,29H,1-10H3/b13-12+,14-11+/t17-,20+,23+,24+,25+,26-/m1/s1. The van der Waals surface area contributed by atoms with Gasteiger partial charge in [0.05, 0.1) is 18.8 Å². The van der Waals surface area contributed by atoms with E-state index in [0.717, 1.165) is 5.57 Å². The molecule has 0 unspecified atom stereocenters. The summed E-state index contributed by atoms with van der Waals surface area (Å²) in [6.07, 6.45) is 2.60. The van der Waals surface area contributed by atoms with E-state index in [1.165, 1.54) is 21.0 Å². The molecule has 0 aromatic carbocycles. The maximum Gasteiger partial charge on any atom is 0.342 e. The number of aliphatic hydroxyl groups is 1. The second kappa shape index (κ2) is 8.66. The highest BCUT2D eigenvalue weighted by Crippen LogP contribution is 2.55. The Balaban J connectivity index is 2.02. The second-order valence-electron chi connectivity index (χ2n) is 10.0. The molecular weight excluding hydrogens is 440 g/mol. The molecule has 6 atom stereocenters. The summed E-state index contributed by atoms with van der Waals surface area (Å²) in [6.45, 7) is 15.6. The van der Waals surface area contributed by atoms with Gasteiger partial charge in [-0.05, 0) is 67.0 Å². The van der Waals surface area contributed by atoms with E-state index in [0.29, 0.717) is 22.4 Å². The minimum Gasteiger partial charge on any atom is -0.496 e. The minimum atomic E-state index is -1.85. The van der Waals surface area contributed by atoms with E-state index in [2.05, 4.69) is 0 Å². The molecule has 2 fully saturated rings. The SMILES string of the molecule is COc1c(C)c([C@@](C)(O)[C@@H](OC(C)=O)/C(C)=C/C(C)=C/[C@]2(C)O[C@H](C)[C@@]3(C)O[C@H]32)oc(=O)c1C. The number of fused-ring (bicyclic) bond motifs is 1. The molecule has 3 heterocycles. The lowest BCUT2D eigenvalue weighted by Gasteiger charge is -2.33. The number of esters is 1. The number of hydrogen-bond donors (Lipinski definition) is 1. The molecule has 2 saturated heterocycles. The van der Waals surface area contributed by atoms with E-state index in [1.807, 2.05) is 39.8 Å². The maximum absolute atomic E-state index is 12.4. The molecule has 34 heavy (non-hydrogen) atoms. The summed E-state index contributed by atoms with van der Waals surface area (Å²) in [5.41, 5.74) is -1.21. The number of methoxy groups -OCH3 is 1. The van der Waals surface area contributed by atoms with Crippen LogP contribution in [0.3, 0.4) is 0 Å². The predicted octanol–water partition coefficient (Wildman–Crippen LogP) is 3.63. The third-order valence-corrected chi connectivity index (χ3v) is 6.96. The van der Waals surface area contributed by atoms with Gasteiger partial charge in [-0.3, -0.25) is 4.79 Å². The van der Waals surface area contributed by atoms with Gasteiger partial charge in [0.15, 0.2) is 11.7 Å². The fourth-order valence-corrected chi connectivity index (χ4v) is 5.26. The molecule has 1 aromatic rings. The summed E-state index contributed by atoms with van der Waals surface area (Å²) in [5, 5.41) is 11.6. The highest BCUT2D eigenvalue weighted by atomic mass is 16.7. The van der Waals surface area contributed by atoms with Crippen molar-refractivity contribution in [2.24, 2.45) is 0 Å². The van der Waals surface area contributed by atoms with Gasteiger partial charge in [-0.1, -0.05) is 11.6 Å². The molecule has 188 valence electrons. The van der Waals surface area contributed by atoms with Crippen LogP contribution in [0, 0.1) is 13.8 Å². The van der Waals surface area contributed by atoms with E-state index in [9.17, 15) is 14.7 Å². The van der Waals surface area contributed by atoms with Crippen LogP contribution in [-0.4, -0.2) is 47.7 Å². The lowest BCUT2D eigenvalue weighted by Crippen LogP contribution is -2.42. The fraction of sp³-hybridized carbons (Fsp3) is 0.615. The van der Waals surface area contributed by atoms with Gasteiger partial charge in [0.2, 0.25) is 0 Å². The summed E-state index contributed by atoms with van der Waals surface area (Å²) in [6, 6.07) is 0. The Bertz CT molecular complexity index is 1110. The summed E-state index contributed by atoms with van der Waals surface area (Å²) < 4.78 is 28.4. The first kappa shape index (κ1) is 26.2. The van der Waals surface area contributed by atoms with Crippen molar-refractivity contribution in [1.29, 1.82) is 0 Å². The molecule has 8 heteroatoms. The van der Waals surface area contributed by atoms with Gasteiger partial charge in [0.1, 0.15) is 28.8 Å². The quantitative estimate of drug-likeness (QED) is 0.361. The van der Waals surface area contributed by atoms with E-state index in [-0.39, 0.29) is 23.6 Å². The first-order valence-electron chi connectivity index (χ1n) is 11.4. The third-order valence-electron chi connectivity index (χ3n) is 6.96. The molecule has 0 amide bonds. The average Bonchev–Trinajstić information content (AvgIpc) is 3.38. The first-order valence-corrected chi connectivity index (χ1v) is 11.4. The Hall–Kier alpha value is -2.42. The van der Waals surface area contributed by atoms with Crippen molar-refractivity contribution < 1.29 is 33.3 Å². The smallest absolute Gasteiger partial charge is 0.342 e. The molecule has 0 radical (unpaired) electrons. The van der Waals surface area contributed by atoms with E-state index in [4.69, 9.17) is 23.4 Å². The summed E-state index contributed by atoms with van der Waals surface area (Å²) in [5.74, 6) is -0.290. The van der Waals surface area contributed by atoms with Crippen molar-refractivity contribution in [3.8, 4) is 5.75 Å². The van der Waals surface area contributed by atoms with Gasteiger partial charge in [-0.25, -0.2) is 4.79 Å². The largest absolute Gasteiger partial charge is 0.496 e. The topological polar surface area (TPSA) is 108 Å². The fourth-order valence-electron chi connectivity index (χ4n) is 5.26. The van der Waals surface area contributed by atoms with Crippen LogP contribution < -0.4 is 10.4 Å². The van der Waals surface area contributed by atoms with Crippen LogP contribution in [0.1, 0.15) is 65.4 Å². The van der Waals surface area contributed by atoms with Crippen molar-refractivity contribution >= 4 is 5.97 Å².